The van der Waals surface area contributed by atoms with Crippen LogP contribution in [0.4, 0.5) is 4.39 Å². The number of nitriles is 1. The lowest BCUT2D eigenvalue weighted by atomic mass is 10.1. The van der Waals surface area contributed by atoms with Crippen LogP contribution in [0.5, 0.6) is 0 Å². The van der Waals surface area contributed by atoms with Crippen molar-refractivity contribution in [3.63, 3.8) is 0 Å². The van der Waals surface area contributed by atoms with Crippen LogP contribution in [0.15, 0.2) is 24.3 Å². The van der Waals surface area contributed by atoms with E-state index < -0.39 is 0 Å². The Hall–Kier alpha value is -1.40. The van der Waals surface area contributed by atoms with Gasteiger partial charge in [-0.3, -0.25) is 4.90 Å². The number of halogens is 1. The van der Waals surface area contributed by atoms with Gasteiger partial charge < -0.3 is 0 Å². The summed E-state index contributed by atoms with van der Waals surface area (Å²) in [6.45, 7) is 0. The standard InChI is InChI=1S/C11H13FN2/c1-14(2)11(8-13)7-9-3-5-10(12)6-4-9/h3-6,11H,7H2,1-2H3. The van der Waals surface area contributed by atoms with Gasteiger partial charge in [-0.15, -0.1) is 0 Å². The van der Waals surface area contributed by atoms with Crippen molar-refractivity contribution in [3.8, 4) is 6.07 Å². The van der Waals surface area contributed by atoms with E-state index in [1.807, 2.05) is 19.0 Å². The summed E-state index contributed by atoms with van der Waals surface area (Å²) in [4.78, 5) is 1.85. The largest absolute Gasteiger partial charge is 0.294 e. The van der Waals surface area contributed by atoms with Gasteiger partial charge in [-0.25, -0.2) is 4.39 Å². The Morgan fingerprint density at radius 2 is 1.93 bits per heavy atom. The summed E-state index contributed by atoms with van der Waals surface area (Å²) < 4.78 is 12.6. The molecule has 1 aromatic rings. The molecule has 0 aliphatic heterocycles. The SMILES string of the molecule is CN(C)C(C#N)Cc1ccc(F)cc1. The smallest absolute Gasteiger partial charge is 0.123 e. The third-order valence-corrected chi connectivity index (χ3v) is 2.11. The Kier molecular flexibility index (Phi) is 3.61. The molecule has 2 nitrogen and oxygen atoms in total. The molecule has 0 saturated heterocycles. The normalized spacial score (nSPS) is 12.5. The lowest BCUT2D eigenvalue weighted by Gasteiger charge is -2.16. The third-order valence-electron chi connectivity index (χ3n) is 2.11. The summed E-state index contributed by atoms with van der Waals surface area (Å²) >= 11 is 0. The number of hydrogen-bond donors (Lipinski definition) is 0. The van der Waals surface area contributed by atoms with E-state index in [0.717, 1.165) is 5.56 Å². The minimum Gasteiger partial charge on any atom is -0.294 e. The maximum atomic E-state index is 12.6. The second-order valence-electron chi connectivity index (χ2n) is 3.44. The summed E-state index contributed by atoms with van der Waals surface area (Å²) in [5.74, 6) is -0.243. The minimum absolute atomic E-state index is 0.152. The fourth-order valence-electron chi connectivity index (χ4n) is 1.19. The molecule has 0 spiro atoms. The first-order valence-electron chi connectivity index (χ1n) is 4.44. The molecule has 1 aromatic carbocycles. The summed E-state index contributed by atoms with van der Waals surface area (Å²) in [5.41, 5.74) is 0.978. The summed E-state index contributed by atoms with van der Waals surface area (Å²) in [5, 5.41) is 8.85. The lowest BCUT2D eigenvalue weighted by Crippen LogP contribution is -2.28. The van der Waals surface area contributed by atoms with E-state index in [-0.39, 0.29) is 11.9 Å². The highest BCUT2D eigenvalue weighted by Crippen LogP contribution is 2.07. The first kappa shape index (κ1) is 10.7. The average molecular weight is 192 g/mol. The second kappa shape index (κ2) is 4.73. The number of likely N-dealkylation sites (N-methyl/N-ethyl adjacent to an activating group) is 1. The van der Waals surface area contributed by atoms with Gasteiger partial charge in [0.1, 0.15) is 11.9 Å². The van der Waals surface area contributed by atoms with Crippen molar-refractivity contribution in [2.75, 3.05) is 14.1 Å². The van der Waals surface area contributed by atoms with Crippen LogP contribution in [0.3, 0.4) is 0 Å². The monoisotopic (exact) mass is 192 g/mol. The van der Waals surface area contributed by atoms with Crippen molar-refractivity contribution >= 4 is 0 Å². The van der Waals surface area contributed by atoms with Crippen LogP contribution in [0.1, 0.15) is 5.56 Å². The lowest BCUT2D eigenvalue weighted by molar-refractivity contribution is 0.348. The molecule has 0 bridgehead atoms. The first-order chi connectivity index (χ1) is 6.63. The topological polar surface area (TPSA) is 27.0 Å². The van der Waals surface area contributed by atoms with Gasteiger partial charge in [-0.05, 0) is 31.8 Å². The predicted octanol–water partition coefficient (Wildman–Crippen LogP) is 1.82. The molecule has 1 rings (SSSR count). The van der Waals surface area contributed by atoms with Gasteiger partial charge in [0.05, 0.1) is 6.07 Å². The van der Waals surface area contributed by atoms with E-state index in [9.17, 15) is 4.39 Å². The zero-order chi connectivity index (χ0) is 10.6. The van der Waals surface area contributed by atoms with Crippen LogP contribution in [0.25, 0.3) is 0 Å². The van der Waals surface area contributed by atoms with Gasteiger partial charge in [-0.1, -0.05) is 12.1 Å². The molecular weight excluding hydrogens is 179 g/mol. The summed E-state index contributed by atoms with van der Waals surface area (Å²) in [6, 6.07) is 8.30. The zero-order valence-electron chi connectivity index (χ0n) is 8.37. The highest BCUT2D eigenvalue weighted by atomic mass is 19.1. The van der Waals surface area contributed by atoms with Crippen LogP contribution in [0.2, 0.25) is 0 Å². The van der Waals surface area contributed by atoms with E-state index in [2.05, 4.69) is 6.07 Å². The molecule has 0 N–H and O–H groups in total. The minimum atomic E-state index is -0.243. The highest BCUT2D eigenvalue weighted by molar-refractivity contribution is 5.18. The van der Waals surface area contributed by atoms with Crippen molar-refractivity contribution in [2.45, 2.75) is 12.5 Å². The van der Waals surface area contributed by atoms with E-state index in [1.54, 1.807) is 12.1 Å². The molecule has 3 heteroatoms. The van der Waals surface area contributed by atoms with E-state index in [0.29, 0.717) is 6.42 Å². The van der Waals surface area contributed by atoms with Crippen LogP contribution in [-0.2, 0) is 6.42 Å². The molecule has 0 amide bonds. The molecule has 0 heterocycles. The summed E-state index contributed by atoms with van der Waals surface area (Å²) in [7, 11) is 3.72. The van der Waals surface area contributed by atoms with Crippen LogP contribution in [0, 0.1) is 17.1 Å². The number of hydrogen-bond acceptors (Lipinski definition) is 2. The molecule has 0 fully saturated rings. The third kappa shape index (κ3) is 2.82. The van der Waals surface area contributed by atoms with Crippen molar-refractivity contribution in [3.05, 3.63) is 35.6 Å². The molecule has 0 aliphatic carbocycles. The van der Waals surface area contributed by atoms with Crippen LogP contribution < -0.4 is 0 Å². The van der Waals surface area contributed by atoms with Crippen molar-refractivity contribution in [1.82, 2.24) is 4.90 Å². The Morgan fingerprint density at radius 3 is 2.36 bits per heavy atom. The Morgan fingerprint density at radius 1 is 1.36 bits per heavy atom. The van der Waals surface area contributed by atoms with Gasteiger partial charge in [-0.2, -0.15) is 5.26 Å². The van der Waals surface area contributed by atoms with Crippen molar-refractivity contribution in [1.29, 1.82) is 5.26 Å². The zero-order valence-corrected chi connectivity index (χ0v) is 8.37. The average Bonchev–Trinajstić information content (AvgIpc) is 2.16. The molecular formula is C11H13FN2. The number of rotatable bonds is 3. The second-order valence-corrected chi connectivity index (χ2v) is 3.44. The number of nitrogens with zero attached hydrogens (tertiary/aromatic N) is 2. The first-order valence-corrected chi connectivity index (χ1v) is 4.44. The quantitative estimate of drug-likeness (QED) is 0.730. The molecule has 1 atom stereocenters. The van der Waals surface area contributed by atoms with Crippen molar-refractivity contribution in [2.24, 2.45) is 0 Å². The van der Waals surface area contributed by atoms with Gasteiger partial charge in [0.15, 0.2) is 0 Å². The van der Waals surface area contributed by atoms with Crippen LogP contribution in [-0.4, -0.2) is 25.0 Å². The van der Waals surface area contributed by atoms with Gasteiger partial charge in [0.25, 0.3) is 0 Å². The molecule has 14 heavy (non-hydrogen) atoms. The van der Waals surface area contributed by atoms with E-state index >= 15 is 0 Å². The Balaban J connectivity index is 2.69. The maximum absolute atomic E-state index is 12.6. The van der Waals surface area contributed by atoms with E-state index in [4.69, 9.17) is 5.26 Å². The van der Waals surface area contributed by atoms with Gasteiger partial charge >= 0.3 is 0 Å². The summed E-state index contributed by atoms with van der Waals surface area (Å²) in [6.07, 6.45) is 0.629. The van der Waals surface area contributed by atoms with Crippen LogP contribution >= 0.6 is 0 Å². The Bertz CT molecular complexity index is 324. The molecule has 74 valence electrons. The highest BCUT2D eigenvalue weighted by Gasteiger charge is 2.10. The van der Waals surface area contributed by atoms with E-state index in [1.165, 1.54) is 12.1 Å². The molecule has 0 saturated carbocycles. The van der Waals surface area contributed by atoms with Crippen molar-refractivity contribution < 1.29 is 4.39 Å². The molecule has 0 aliphatic rings. The maximum Gasteiger partial charge on any atom is 0.123 e. The predicted molar refractivity (Wildman–Crippen MR) is 53.2 cm³/mol. The number of benzene rings is 1. The molecule has 0 aromatic heterocycles. The Labute approximate surface area is 83.6 Å². The fourth-order valence-corrected chi connectivity index (χ4v) is 1.19. The van der Waals surface area contributed by atoms with Gasteiger partial charge in [0.2, 0.25) is 0 Å². The molecule has 0 radical (unpaired) electrons. The molecule has 1 unspecified atom stereocenters. The fraction of sp³-hybridized carbons (Fsp3) is 0.364. The van der Waals surface area contributed by atoms with Gasteiger partial charge in [0, 0.05) is 6.42 Å².